The summed E-state index contributed by atoms with van der Waals surface area (Å²) in [5.74, 6) is 7.13. The van der Waals surface area contributed by atoms with E-state index < -0.39 is 5.25 Å². The normalized spacial score (nSPS) is 11.9. The SMILES string of the molecule is C[C@@H](Sc1nnc(COc2cccc(Br)c2)n1N)C(=O)Nc1cccc2ccccc12. The van der Waals surface area contributed by atoms with Crippen molar-refractivity contribution in [2.24, 2.45) is 0 Å². The molecule has 1 atom stereocenters. The highest BCUT2D eigenvalue weighted by Crippen LogP contribution is 2.26. The predicted molar refractivity (Wildman–Crippen MR) is 127 cm³/mol. The Labute approximate surface area is 192 Å². The molecule has 0 aliphatic rings. The first-order valence-corrected chi connectivity index (χ1v) is 11.2. The molecule has 1 aromatic heterocycles. The zero-order valence-electron chi connectivity index (χ0n) is 16.7. The van der Waals surface area contributed by atoms with Crippen molar-refractivity contribution in [3.63, 3.8) is 0 Å². The highest BCUT2D eigenvalue weighted by molar-refractivity contribution is 9.10. The number of carbonyl (C=O) groups excluding carboxylic acids is 1. The molecule has 0 aliphatic carbocycles. The quantitative estimate of drug-likeness (QED) is 0.286. The van der Waals surface area contributed by atoms with Gasteiger partial charge in [-0.1, -0.05) is 70.2 Å². The van der Waals surface area contributed by atoms with Gasteiger partial charge >= 0.3 is 0 Å². The maximum absolute atomic E-state index is 12.8. The third-order valence-electron chi connectivity index (χ3n) is 4.60. The number of thioether (sulfide) groups is 1. The van der Waals surface area contributed by atoms with Crippen LogP contribution in [0.4, 0.5) is 5.69 Å². The van der Waals surface area contributed by atoms with Crippen molar-refractivity contribution in [2.75, 3.05) is 11.2 Å². The van der Waals surface area contributed by atoms with Gasteiger partial charge in [0.15, 0.2) is 5.82 Å². The fraction of sp³-hybridized carbons (Fsp3) is 0.136. The number of ether oxygens (including phenoxy) is 1. The van der Waals surface area contributed by atoms with Gasteiger partial charge in [0.25, 0.3) is 0 Å². The van der Waals surface area contributed by atoms with Crippen LogP contribution in [0, 0.1) is 0 Å². The molecule has 31 heavy (non-hydrogen) atoms. The van der Waals surface area contributed by atoms with Crippen LogP contribution in [0.25, 0.3) is 10.8 Å². The maximum atomic E-state index is 12.8. The van der Waals surface area contributed by atoms with E-state index in [1.807, 2.05) is 66.7 Å². The number of amides is 1. The van der Waals surface area contributed by atoms with Crippen molar-refractivity contribution in [2.45, 2.75) is 23.9 Å². The van der Waals surface area contributed by atoms with Crippen molar-refractivity contribution in [1.82, 2.24) is 14.9 Å². The minimum atomic E-state index is -0.427. The number of anilines is 1. The molecule has 7 nitrogen and oxygen atoms in total. The van der Waals surface area contributed by atoms with Crippen LogP contribution in [0.1, 0.15) is 12.7 Å². The summed E-state index contributed by atoms with van der Waals surface area (Å²) in [5, 5.41) is 13.3. The van der Waals surface area contributed by atoms with Gasteiger partial charge in [-0.3, -0.25) is 4.79 Å². The molecule has 9 heteroatoms. The maximum Gasteiger partial charge on any atom is 0.237 e. The Morgan fingerprint density at radius 1 is 1.16 bits per heavy atom. The number of nitrogens with one attached hydrogen (secondary N) is 1. The van der Waals surface area contributed by atoms with Crippen LogP contribution in [0.5, 0.6) is 5.75 Å². The monoisotopic (exact) mass is 497 g/mol. The molecule has 0 fully saturated rings. The minimum Gasteiger partial charge on any atom is -0.485 e. The topological polar surface area (TPSA) is 95.1 Å². The molecule has 0 radical (unpaired) electrons. The van der Waals surface area contributed by atoms with Gasteiger partial charge in [0, 0.05) is 15.5 Å². The highest BCUT2D eigenvalue weighted by Gasteiger charge is 2.20. The summed E-state index contributed by atoms with van der Waals surface area (Å²) in [6, 6.07) is 21.2. The fourth-order valence-corrected chi connectivity index (χ4v) is 4.14. The van der Waals surface area contributed by atoms with E-state index in [0.717, 1.165) is 20.9 Å². The lowest BCUT2D eigenvalue weighted by Gasteiger charge is -2.13. The number of nitrogens with zero attached hydrogens (tertiary/aromatic N) is 3. The Hall–Kier alpha value is -3.04. The average molecular weight is 498 g/mol. The number of rotatable bonds is 7. The van der Waals surface area contributed by atoms with Crippen LogP contribution in [0.2, 0.25) is 0 Å². The Balaban J connectivity index is 1.40. The van der Waals surface area contributed by atoms with Gasteiger partial charge in [-0.25, -0.2) is 4.68 Å². The van der Waals surface area contributed by atoms with E-state index in [-0.39, 0.29) is 12.5 Å². The van der Waals surface area contributed by atoms with Crippen molar-refractivity contribution >= 4 is 50.1 Å². The second-order valence-electron chi connectivity index (χ2n) is 6.79. The number of hydrogen-bond donors (Lipinski definition) is 2. The molecule has 0 bridgehead atoms. The van der Waals surface area contributed by atoms with Gasteiger partial charge in [0.05, 0.1) is 5.25 Å². The van der Waals surface area contributed by atoms with Gasteiger partial charge in [0.1, 0.15) is 12.4 Å². The highest BCUT2D eigenvalue weighted by atomic mass is 79.9. The molecule has 0 saturated heterocycles. The molecule has 158 valence electrons. The van der Waals surface area contributed by atoms with Crippen LogP contribution in [0.15, 0.2) is 76.4 Å². The molecule has 4 aromatic rings. The first-order chi connectivity index (χ1) is 15.0. The number of fused-ring (bicyclic) bond motifs is 1. The molecular formula is C22H20BrN5O2S. The summed E-state index contributed by atoms with van der Waals surface area (Å²) in [6.45, 7) is 1.97. The summed E-state index contributed by atoms with van der Waals surface area (Å²) in [7, 11) is 0. The smallest absolute Gasteiger partial charge is 0.237 e. The van der Waals surface area contributed by atoms with E-state index in [2.05, 4.69) is 31.4 Å². The summed E-state index contributed by atoms with van der Waals surface area (Å²) < 4.78 is 7.99. The third kappa shape index (κ3) is 5.00. The molecule has 4 rings (SSSR count). The van der Waals surface area contributed by atoms with Gasteiger partial charge in [-0.15, -0.1) is 10.2 Å². The minimum absolute atomic E-state index is 0.142. The summed E-state index contributed by atoms with van der Waals surface area (Å²) >= 11 is 4.64. The van der Waals surface area contributed by atoms with E-state index in [9.17, 15) is 4.79 Å². The largest absolute Gasteiger partial charge is 0.485 e. The van der Waals surface area contributed by atoms with Gasteiger partial charge in [-0.05, 0) is 36.6 Å². The Kier molecular flexibility index (Phi) is 6.43. The number of nitrogens with two attached hydrogens (primary N) is 1. The van der Waals surface area contributed by atoms with Gasteiger partial charge in [-0.2, -0.15) is 0 Å². The van der Waals surface area contributed by atoms with Crippen LogP contribution < -0.4 is 15.9 Å². The number of carbonyl (C=O) groups is 1. The Morgan fingerprint density at radius 2 is 1.94 bits per heavy atom. The number of benzene rings is 3. The molecule has 0 saturated carbocycles. The Morgan fingerprint density at radius 3 is 2.77 bits per heavy atom. The molecule has 0 aliphatic heterocycles. The molecule has 1 amide bonds. The van der Waals surface area contributed by atoms with Crippen molar-refractivity contribution in [1.29, 1.82) is 0 Å². The molecule has 3 N–H and O–H groups in total. The summed E-state index contributed by atoms with van der Waals surface area (Å²) in [4.78, 5) is 12.8. The molecular weight excluding hydrogens is 478 g/mol. The van der Waals surface area contributed by atoms with E-state index in [0.29, 0.717) is 16.7 Å². The van der Waals surface area contributed by atoms with Crippen LogP contribution in [-0.4, -0.2) is 26.0 Å². The third-order valence-corrected chi connectivity index (χ3v) is 6.15. The second-order valence-corrected chi connectivity index (χ2v) is 9.01. The molecule has 1 heterocycles. The lowest BCUT2D eigenvalue weighted by atomic mass is 10.1. The van der Waals surface area contributed by atoms with E-state index in [4.69, 9.17) is 10.6 Å². The van der Waals surface area contributed by atoms with Crippen LogP contribution in [0.3, 0.4) is 0 Å². The second kappa shape index (κ2) is 9.40. The zero-order valence-corrected chi connectivity index (χ0v) is 19.1. The van der Waals surface area contributed by atoms with Crippen molar-refractivity contribution in [3.05, 3.63) is 77.0 Å². The number of nitrogen functional groups attached to an aromatic ring is 1. The van der Waals surface area contributed by atoms with E-state index >= 15 is 0 Å². The zero-order chi connectivity index (χ0) is 21.8. The average Bonchev–Trinajstić information content (AvgIpc) is 3.11. The first kappa shape index (κ1) is 21.2. The van der Waals surface area contributed by atoms with Crippen LogP contribution >= 0.6 is 27.7 Å². The summed E-state index contributed by atoms with van der Waals surface area (Å²) in [6.07, 6.45) is 0. The Bertz CT molecular complexity index is 1220. The van der Waals surface area contributed by atoms with Gasteiger partial charge in [0.2, 0.25) is 11.1 Å². The first-order valence-electron chi connectivity index (χ1n) is 9.54. The number of aromatic nitrogens is 3. The molecule has 0 spiro atoms. The standard InChI is InChI=1S/C22H20BrN5O2S/c1-14(21(29)25-19-11-4-7-15-6-2-3-10-18(15)19)31-22-27-26-20(28(22)24)13-30-17-9-5-8-16(23)12-17/h2-12,14H,13,24H2,1H3,(H,25,29)/t14-/m1/s1. The predicted octanol–water partition coefficient (Wildman–Crippen LogP) is 4.61. The molecule has 3 aromatic carbocycles. The summed E-state index contributed by atoms with van der Waals surface area (Å²) in [5.41, 5.74) is 0.771. The number of hydrogen-bond acceptors (Lipinski definition) is 6. The number of halogens is 1. The van der Waals surface area contributed by atoms with Crippen LogP contribution in [-0.2, 0) is 11.4 Å². The lowest BCUT2D eigenvalue weighted by Crippen LogP contribution is -2.24. The molecule has 0 unspecified atom stereocenters. The lowest BCUT2D eigenvalue weighted by molar-refractivity contribution is -0.115. The van der Waals surface area contributed by atoms with E-state index in [1.165, 1.54) is 16.4 Å². The fourth-order valence-electron chi connectivity index (χ4n) is 2.97. The van der Waals surface area contributed by atoms with Crippen molar-refractivity contribution in [3.8, 4) is 5.75 Å². The van der Waals surface area contributed by atoms with Gasteiger partial charge < -0.3 is 15.9 Å². The van der Waals surface area contributed by atoms with E-state index in [1.54, 1.807) is 6.92 Å². The van der Waals surface area contributed by atoms with Crippen molar-refractivity contribution < 1.29 is 9.53 Å².